The highest BCUT2D eigenvalue weighted by Crippen LogP contribution is 2.47. The summed E-state index contributed by atoms with van der Waals surface area (Å²) in [5, 5.41) is 6.11. The van der Waals surface area contributed by atoms with Crippen molar-refractivity contribution >= 4 is 30.3 Å². The van der Waals surface area contributed by atoms with Gasteiger partial charge in [0.15, 0.2) is 0 Å². The Hall–Kier alpha value is -3.89. The Kier molecular flexibility index (Phi) is 8.46. The highest BCUT2D eigenvalue weighted by Gasteiger charge is 2.52. The fourth-order valence-electron chi connectivity index (χ4n) is 5.85. The Morgan fingerprint density at radius 2 is 1.66 bits per heavy atom. The van der Waals surface area contributed by atoms with Crippen molar-refractivity contribution in [1.29, 1.82) is 0 Å². The van der Waals surface area contributed by atoms with Gasteiger partial charge in [-0.25, -0.2) is 10.2 Å². The Bertz CT molecular complexity index is 1290. The SMILES string of the molecule is C=NNC(=NC)NC(=O)c1ccc(CN2C(=O)N(c3ccc(C(F)(F)F)cc3)CC23CCC(C(C)(C)C)CC3)cc1. The number of hydrazone groups is 1. The summed E-state index contributed by atoms with van der Waals surface area (Å²) in [4.78, 5) is 33.8. The van der Waals surface area contributed by atoms with E-state index < -0.39 is 17.3 Å². The molecular formula is C30H37F3N6O2. The van der Waals surface area contributed by atoms with E-state index in [1.54, 1.807) is 29.2 Å². The Morgan fingerprint density at radius 3 is 2.17 bits per heavy atom. The summed E-state index contributed by atoms with van der Waals surface area (Å²) in [6.45, 7) is 10.8. The fraction of sp³-hybridized carbons (Fsp3) is 0.467. The van der Waals surface area contributed by atoms with Gasteiger partial charge in [-0.2, -0.15) is 18.3 Å². The number of amides is 3. The van der Waals surface area contributed by atoms with Crippen LogP contribution >= 0.6 is 0 Å². The van der Waals surface area contributed by atoms with Gasteiger partial charge in [-0.05, 0) is 79.0 Å². The van der Waals surface area contributed by atoms with E-state index in [1.165, 1.54) is 19.2 Å². The van der Waals surface area contributed by atoms with Gasteiger partial charge in [0.25, 0.3) is 5.91 Å². The van der Waals surface area contributed by atoms with Crippen LogP contribution in [0.2, 0.25) is 0 Å². The van der Waals surface area contributed by atoms with E-state index in [9.17, 15) is 22.8 Å². The van der Waals surface area contributed by atoms with Crippen LogP contribution in [-0.2, 0) is 12.7 Å². The van der Waals surface area contributed by atoms with E-state index >= 15 is 0 Å². The van der Waals surface area contributed by atoms with Gasteiger partial charge < -0.3 is 4.90 Å². The number of aliphatic imine (C=N–C) groups is 1. The van der Waals surface area contributed by atoms with Gasteiger partial charge in [0.05, 0.1) is 17.6 Å². The molecule has 1 aliphatic carbocycles. The second kappa shape index (κ2) is 11.5. The highest BCUT2D eigenvalue weighted by molar-refractivity contribution is 6.05. The molecule has 0 atom stereocenters. The number of guanidine groups is 1. The highest BCUT2D eigenvalue weighted by atomic mass is 19.4. The number of benzene rings is 2. The standard InChI is InChI=1S/C30H37F3N6O2/c1-28(2,3)22-14-16-29(17-15-22)19-38(24-12-10-23(11-13-24)30(31,32)33)27(41)39(29)18-20-6-8-21(9-7-20)25(40)36-26(34-4)37-35-5/h6-13,22H,5,14-19H2,1-4H3,(H2,34,36,37,40). The summed E-state index contributed by atoms with van der Waals surface area (Å²) in [6, 6.07) is 11.5. The van der Waals surface area contributed by atoms with Gasteiger partial charge in [-0.15, -0.1) is 0 Å². The minimum Gasteiger partial charge on any atom is -0.313 e. The molecule has 0 aromatic heterocycles. The fourth-order valence-corrected chi connectivity index (χ4v) is 5.85. The summed E-state index contributed by atoms with van der Waals surface area (Å²) < 4.78 is 39.5. The molecule has 2 aromatic carbocycles. The molecule has 2 fully saturated rings. The molecule has 0 unspecified atom stereocenters. The molecule has 1 heterocycles. The number of carbonyl (C=O) groups excluding carboxylic acids is 2. The van der Waals surface area contributed by atoms with Crippen molar-refractivity contribution in [3.63, 3.8) is 0 Å². The maximum absolute atomic E-state index is 13.9. The first-order valence-corrected chi connectivity index (χ1v) is 13.6. The lowest BCUT2D eigenvalue weighted by Crippen LogP contribution is -2.50. The van der Waals surface area contributed by atoms with Crippen molar-refractivity contribution < 1.29 is 22.8 Å². The first-order chi connectivity index (χ1) is 19.3. The van der Waals surface area contributed by atoms with Crippen LogP contribution in [-0.4, -0.2) is 48.6 Å². The van der Waals surface area contributed by atoms with Crippen molar-refractivity contribution in [3.8, 4) is 0 Å². The third-order valence-corrected chi connectivity index (χ3v) is 8.33. The van der Waals surface area contributed by atoms with Crippen LogP contribution in [0.4, 0.5) is 23.7 Å². The predicted molar refractivity (Wildman–Crippen MR) is 154 cm³/mol. The van der Waals surface area contributed by atoms with E-state index in [-0.39, 0.29) is 23.3 Å². The number of rotatable bonds is 5. The lowest BCUT2D eigenvalue weighted by atomic mass is 9.67. The smallest absolute Gasteiger partial charge is 0.313 e. The van der Waals surface area contributed by atoms with Crippen LogP contribution in [0.3, 0.4) is 0 Å². The zero-order chi connectivity index (χ0) is 30.0. The quantitative estimate of drug-likeness (QED) is 0.261. The van der Waals surface area contributed by atoms with E-state index in [2.05, 4.69) is 48.3 Å². The van der Waals surface area contributed by atoms with Gasteiger partial charge >= 0.3 is 12.2 Å². The number of halogens is 3. The van der Waals surface area contributed by atoms with Crippen LogP contribution in [0.5, 0.6) is 0 Å². The Labute approximate surface area is 238 Å². The van der Waals surface area contributed by atoms with Gasteiger partial charge in [0, 0.05) is 31.6 Å². The maximum Gasteiger partial charge on any atom is 0.416 e. The number of carbonyl (C=O) groups is 2. The van der Waals surface area contributed by atoms with Crippen LogP contribution in [0.25, 0.3) is 0 Å². The summed E-state index contributed by atoms with van der Waals surface area (Å²) in [6.07, 6.45) is -0.910. The predicted octanol–water partition coefficient (Wildman–Crippen LogP) is 6.04. The minimum absolute atomic E-state index is 0.151. The van der Waals surface area contributed by atoms with Gasteiger partial charge in [0.1, 0.15) is 0 Å². The number of hydrogen-bond donors (Lipinski definition) is 2. The van der Waals surface area contributed by atoms with Crippen LogP contribution in [0, 0.1) is 11.3 Å². The van der Waals surface area contributed by atoms with Gasteiger partial charge in [-0.3, -0.25) is 20.0 Å². The van der Waals surface area contributed by atoms with E-state index in [1.807, 2.05) is 4.90 Å². The maximum atomic E-state index is 13.9. The minimum atomic E-state index is -4.45. The topological polar surface area (TPSA) is 89.4 Å². The molecular weight excluding hydrogens is 533 g/mol. The van der Waals surface area contributed by atoms with Crippen molar-refractivity contribution in [2.75, 3.05) is 18.5 Å². The first kappa shape index (κ1) is 30.1. The number of anilines is 1. The lowest BCUT2D eigenvalue weighted by Gasteiger charge is -2.45. The molecule has 0 bridgehead atoms. The number of urea groups is 1. The molecule has 1 aliphatic heterocycles. The van der Waals surface area contributed by atoms with E-state index in [0.717, 1.165) is 43.4 Å². The monoisotopic (exact) mass is 570 g/mol. The normalized spacial score (nSPS) is 21.8. The molecule has 4 rings (SSSR count). The summed E-state index contributed by atoms with van der Waals surface area (Å²) >= 11 is 0. The third kappa shape index (κ3) is 6.55. The zero-order valence-electron chi connectivity index (χ0n) is 23.9. The summed E-state index contributed by atoms with van der Waals surface area (Å²) in [5.74, 6) is 0.300. The summed E-state index contributed by atoms with van der Waals surface area (Å²) in [5.41, 5.74) is 3.16. The van der Waals surface area contributed by atoms with Crippen LogP contribution in [0.1, 0.15) is 67.9 Å². The molecule has 2 aliphatic rings. The van der Waals surface area contributed by atoms with Crippen LogP contribution in [0.15, 0.2) is 58.6 Å². The lowest BCUT2D eigenvalue weighted by molar-refractivity contribution is -0.137. The molecule has 3 amide bonds. The molecule has 1 spiro atoms. The van der Waals surface area contributed by atoms with Gasteiger partial charge in [-0.1, -0.05) is 32.9 Å². The van der Waals surface area contributed by atoms with Gasteiger partial charge in [0.2, 0.25) is 5.96 Å². The first-order valence-electron chi connectivity index (χ1n) is 13.6. The van der Waals surface area contributed by atoms with Crippen molar-refractivity contribution in [2.45, 2.75) is 64.7 Å². The van der Waals surface area contributed by atoms with Crippen molar-refractivity contribution in [3.05, 3.63) is 65.2 Å². The molecule has 8 nitrogen and oxygen atoms in total. The van der Waals surface area contributed by atoms with Crippen LogP contribution < -0.4 is 15.6 Å². The average Bonchev–Trinajstić information content (AvgIpc) is 3.18. The molecule has 1 saturated heterocycles. The van der Waals surface area contributed by atoms with Crippen molar-refractivity contribution in [2.24, 2.45) is 21.4 Å². The van der Waals surface area contributed by atoms with Crippen molar-refractivity contribution in [1.82, 2.24) is 15.6 Å². The second-order valence-corrected chi connectivity index (χ2v) is 11.9. The average molecular weight is 571 g/mol. The Balaban J connectivity index is 1.57. The molecule has 2 aromatic rings. The largest absolute Gasteiger partial charge is 0.416 e. The van der Waals surface area contributed by atoms with E-state index in [4.69, 9.17) is 0 Å². The number of nitrogens with zero attached hydrogens (tertiary/aromatic N) is 4. The second-order valence-electron chi connectivity index (χ2n) is 11.9. The number of hydrogen-bond acceptors (Lipinski definition) is 4. The van der Waals surface area contributed by atoms with E-state index in [0.29, 0.717) is 30.3 Å². The zero-order valence-corrected chi connectivity index (χ0v) is 23.9. The molecule has 41 heavy (non-hydrogen) atoms. The summed E-state index contributed by atoms with van der Waals surface area (Å²) in [7, 11) is 1.50. The Morgan fingerprint density at radius 1 is 1.05 bits per heavy atom. The molecule has 1 saturated carbocycles. The molecule has 11 heteroatoms. The molecule has 0 radical (unpaired) electrons. The molecule has 220 valence electrons. The number of alkyl halides is 3. The molecule has 2 N–H and O–H groups in total. The number of nitrogens with one attached hydrogen (secondary N) is 2. The third-order valence-electron chi connectivity index (χ3n) is 8.33.